The number of carbonyl (C=O) groups is 3. The first-order valence-corrected chi connectivity index (χ1v) is 10.00. The number of carbonyl (C=O) groups excluding carboxylic acids is 3. The maximum Gasteiger partial charge on any atom is 0.263 e. The van der Waals surface area contributed by atoms with Gasteiger partial charge in [-0.2, -0.15) is 5.11 Å². The van der Waals surface area contributed by atoms with Gasteiger partial charge < -0.3 is 14.8 Å². The Morgan fingerprint density at radius 3 is 2.69 bits per heavy atom. The summed E-state index contributed by atoms with van der Waals surface area (Å²) in [5.74, 6) is -1.29. The first-order chi connectivity index (χ1) is 15.4. The Morgan fingerprint density at radius 2 is 1.91 bits per heavy atom. The van der Waals surface area contributed by atoms with Gasteiger partial charge in [-0.15, -0.1) is 0 Å². The highest BCUT2D eigenvalue weighted by Crippen LogP contribution is 2.34. The van der Waals surface area contributed by atoms with E-state index in [1.54, 1.807) is 18.2 Å². The number of amides is 3. The second-order valence-electron chi connectivity index (χ2n) is 7.21. The topological polar surface area (TPSA) is 113 Å². The van der Waals surface area contributed by atoms with Gasteiger partial charge in [-0.3, -0.25) is 19.4 Å². The van der Waals surface area contributed by atoms with Gasteiger partial charge in [0.05, 0.1) is 10.7 Å². The molecule has 0 radical (unpaired) electrons. The second kappa shape index (κ2) is 7.75. The van der Waals surface area contributed by atoms with E-state index in [1.165, 1.54) is 12.1 Å². The van der Waals surface area contributed by atoms with Gasteiger partial charge in [0.1, 0.15) is 25.6 Å². The van der Waals surface area contributed by atoms with Crippen LogP contribution in [-0.4, -0.2) is 54.6 Å². The standard InChI is InChI=1S/C20H15ClFN5O5/c21-12-8-11(2-3-13(12)22)27-19(29)17-18(20(27)30)26(25-24-17)9-16(28)23-10-1-4-14-15(7-10)32-6-5-31-14/h1-4,7-8,17-18H,5-6,9H2,(H,23,28)/t17-,18-/m0/s1. The van der Waals surface area contributed by atoms with Crippen LogP contribution in [0.3, 0.4) is 0 Å². The van der Waals surface area contributed by atoms with Crippen LogP contribution in [0.15, 0.2) is 46.7 Å². The molecular weight excluding hydrogens is 445 g/mol. The van der Waals surface area contributed by atoms with E-state index >= 15 is 0 Å². The monoisotopic (exact) mass is 459 g/mol. The molecule has 12 heteroatoms. The number of hydrogen-bond acceptors (Lipinski definition) is 8. The maximum atomic E-state index is 13.5. The Balaban J connectivity index is 1.29. The Morgan fingerprint density at radius 1 is 1.12 bits per heavy atom. The number of halogens is 2. The predicted molar refractivity (Wildman–Crippen MR) is 109 cm³/mol. The van der Waals surface area contributed by atoms with Crippen molar-refractivity contribution in [1.82, 2.24) is 5.01 Å². The Bertz CT molecular complexity index is 1180. The van der Waals surface area contributed by atoms with Gasteiger partial charge in [0, 0.05) is 11.8 Å². The summed E-state index contributed by atoms with van der Waals surface area (Å²) in [6, 6.07) is 6.32. The lowest BCUT2D eigenvalue weighted by molar-refractivity contribution is -0.123. The fourth-order valence-electron chi connectivity index (χ4n) is 3.70. The minimum Gasteiger partial charge on any atom is -0.486 e. The number of nitrogens with zero attached hydrogens (tertiary/aromatic N) is 4. The summed E-state index contributed by atoms with van der Waals surface area (Å²) in [7, 11) is 0. The average Bonchev–Trinajstić information content (AvgIpc) is 3.29. The van der Waals surface area contributed by atoms with Crippen LogP contribution in [0.4, 0.5) is 15.8 Å². The minimum atomic E-state index is -1.09. The largest absolute Gasteiger partial charge is 0.486 e. The second-order valence-corrected chi connectivity index (χ2v) is 7.62. The van der Waals surface area contributed by atoms with Gasteiger partial charge in [0.2, 0.25) is 5.91 Å². The van der Waals surface area contributed by atoms with Crippen molar-refractivity contribution in [3.63, 3.8) is 0 Å². The van der Waals surface area contributed by atoms with Crippen LogP contribution in [-0.2, 0) is 14.4 Å². The zero-order chi connectivity index (χ0) is 22.4. The van der Waals surface area contributed by atoms with Crippen LogP contribution >= 0.6 is 11.6 Å². The van der Waals surface area contributed by atoms with E-state index < -0.39 is 35.6 Å². The highest BCUT2D eigenvalue weighted by Gasteiger charge is 2.55. The molecule has 0 saturated carbocycles. The number of benzene rings is 2. The highest BCUT2D eigenvalue weighted by atomic mass is 35.5. The highest BCUT2D eigenvalue weighted by molar-refractivity contribution is 6.32. The summed E-state index contributed by atoms with van der Waals surface area (Å²) in [5.41, 5.74) is 0.597. The summed E-state index contributed by atoms with van der Waals surface area (Å²) in [6.07, 6.45) is 0. The van der Waals surface area contributed by atoms with E-state index in [2.05, 4.69) is 15.7 Å². The molecule has 0 spiro atoms. The summed E-state index contributed by atoms with van der Waals surface area (Å²) < 4.78 is 24.4. The summed E-state index contributed by atoms with van der Waals surface area (Å²) in [4.78, 5) is 39.1. The molecule has 2 atom stereocenters. The molecule has 164 valence electrons. The van der Waals surface area contributed by atoms with E-state index in [0.29, 0.717) is 30.4 Å². The molecule has 3 aliphatic rings. The maximum absolute atomic E-state index is 13.5. The van der Waals surface area contributed by atoms with Crippen LogP contribution in [0, 0.1) is 5.82 Å². The van der Waals surface area contributed by atoms with Gasteiger partial charge in [-0.1, -0.05) is 16.8 Å². The molecular formula is C20H15ClFN5O5. The molecule has 0 bridgehead atoms. The Labute approximate surface area is 185 Å². The molecule has 2 aromatic carbocycles. The summed E-state index contributed by atoms with van der Waals surface area (Å²) in [6.45, 7) is 0.554. The molecule has 1 N–H and O–H groups in total. The molecule has 1 fully saturated rings. The quantitative estimate of drug-likeness (QED) is 0.701. The number of hydrogen-bond donors (Lipinski definition) is 1. The summed E-state index contributed by atoms with van der Waals surface area (Å²) in [5, 5.41) is 11.3. The smallest absolute Gasteiger partial charge is 0.263 e. The normalized spacial score (nSPS) is 21.2. The van der Waals surface area contributed by atoms with Gasteiger partial charge in [0.25, 0.3) is 11.8 Å². The van der Waals surface area contributed by atoms with Crippen molar-refractivity contribution in [3.8, 4) is 11.5 Å². The van der Waals surface area contributed by atoms with E-state index in [1.807, 2.05) is 0 Å². The average molecular weight is 460 g/mol. The van der Waals surface area contributed by atoms with E-state index in [0.717, 1.165) is 16.0 Å². The van der Waals surface area contributed by atoms with Crippen molar-refractivity contribution < 1.29 is 28.2 Å². The molecule has 0 aliphatic carbocycles. The molecule has 3 aliphatic heterocycles. The zero-order valence-electron chi connectivity index (χ0n) is 16.3. The van der Waals surface area contributed by atoms with Gasteiger partial charge in [-0.25, -0.2) is 9.29 Å². The lowest BCUT2D eigenvalue weighted by atomic mass is 10.1. The molecule has 3 heterocycles. The van der Waals surface area contributed by atoms with Gasteiger partial charge >= 0.3 is 0 Å². The van der Waals surface area contributed by atoms with Crippen molar-refractivity contribution in [2.24, 2.45) is 10.3 Å². The predicted octanol–water partition coefficient (Wildman–Crippen LogP) is 2.18. The van der Waals surface area contributed by atoms with Gasteiger partial charge in [-0.05, 0) is 30.3 Å². The van der Waals surface area contributed by atoms with E-state index in [-0.39, 0.29) is 17.3 Å². The van der Waals surface area contributed by atoms with Crippen molar-refractivity contribution >= 4 is 40.7 Å². The number of nitrogens with one attached hydrogen (secondary N) is 1. The molecule has 0 aromatic heterocycles. The Hall–Kier alpha value is -3.73. The van der Waals surface area contributed by atoms with E-state index in [4.69, 9.17) is 21.1 Å². The molecule has 3 amide bonds. The van der Waals surface area contributed by atoms with Crippen LogP contribution in [0.5, 0.6) is 11.5 Å². The third kappa shape index (κ3) is 3.40. The SMILES string of the molecule is O=C(CN1N=N[C@@H]2C(=O)N(c3ccc(F)c(Cl)c3)C(=O)[C@H]21)Nc1ccc2c(c1)OCCO2. The third-order valence-electron chi connectivity index (χ3n) is 5.15. The minimum absolute atomic E-state index is 0.122. The molecule has 2 aromatic rings. The number of anilines is 2. The lowest BCUT2D eigenvalue weighted by Gasteiger charge is -2.21. The number of rotatable bonds is 4. The van der Waals surface area contributed by atoms with Crippen molar-refractivity contribution in [1.29, 1.82) is 0 Å². The molecule has 10 nitrogen and oxygen atoms in total. The first kappa shape index (κ1) is 20.2. The zero-order valence-corrected chi connectivity index (χ0v) is 17.1. The van der Waals surface area contributed by atoms with Crippen molar-refractivity contribution in [2.75, 3.05) is 30.0 Å². The Kier molecular flexibility index (Phi) is 4.89. The molecule has 0 unspecified atom stereocenters. The molecule has 32 heavy (non-hydrogen) atoms. The van der Waals surface area contributed by atoms with Crippen LogP contribution in [0.1, 0.15) is 0 Å². The van der Waals surface area contributed by atoms with Crippen LogP contribution < -0.4 is 19.7 Å². The van der Waals surface area contributed by atoms with Crippen LogP contribution in [0.2, 0.25) is 5.02 Å². The fraction of sp³-hybridized carbons (Fsp3) is 0.250. The first-order valence-electron chi connectivity index (χ1n) is 9.62. The molecule has 5 rings (SSSR count). The third-order valence-corrected chi connectivity index (χ3v) is 5.44. The van der Waals surface area contributed by atoms with Crippen molar-refractivity contribution in [2.45, 2.75) is 12.1 Å². The number of ether oxygens (including phenoxy) is 2. The van der Waals surface area contributed by atoms with Gasteiger partial charge in [0.15, 0.2) is 23.6 Å². The number of imide groups is 1. The van der Waals surface area contributed by atoms with E-state index in [9.17, 15) is 18.8 Å². The number of fused-ring (bicyclic) bond motifs is 2. The van der Waals surface area contributed by atoms with Crippen molar-refractivity contribution in [3.05, 3.63) is 47.2 Å². The van der Waals surface area contributed by atoms with Crippen LogP contribution in [0.25, 0.3) is 0 Å². The lowest BCUT2D eigenvalue weighted by Crippen LogP contribution is -2.43. The summed E-state index contributed by atoms with van der Waals surface area (Å²) >= 11 is 5.78. The molecule has 1 saturated heterocycles. The fourth-order valence-corrected chi connectivity index (χ4v) is 3.88.